The molecule has 0 bridgehead atoms. The van der Waals surface area contributed by atoms with Crippen LogP contribution < -0.4 is 10.1 Å². The smallest absolute Gasteiger partial charge is 0.262 e. The van der Waals surface area contributed by atoms with Crippen LogP contribution in [0.2, 0.25) is 5.02 Å². The highest BCUT2D eigenvalue weighted by Gasteiger charge is 2.09. The first kappa shape index (κ1) is 20.9. The maximum absolute atomic E-state index is 12.1. The van der Waals surface area contributed by atoms with Gasteiger partial charge in [0.15, 0.2) is 6.61 Å². The van der Waals surface area contributed by atoms with Crippen LogP contribution in [0.1, 0.15) is 18.3 Å². The lowest BCUT2D eigenvalue weighted by atomic mass is 10.1. The average Bonchev–Trinajstić information content (AvgIpc) is 3.16. The second-order valence-electron chi connectivity index (χ2n) is 7.25. The van der Waals surface area contributed by atoms with Crippen molar-refractivity contribution >= 4 is 34.2 Å². The molecule has 4 aromatic rings. The van der Waals surface area contributed by atoms with Gasteiger partial charge in [0.1, 0.15) is 11.6 Å². The molecule has 0 unspecified atom stereocenters. The first-order chi connectivity index (χ1) is 15.1. The van der Waals surface area contributed by atoms with Crippen LogP contribution in [0.4, 0.5) is 5.69 Å². The SMILES string of the molecule is CCn1c(CCc2ccc(NC(=O)COc3ccc(Cl)cc3)cc2)nc2ccccc21. The molecule has 6 heteroatoms. The molecule has 5 nitrogen and oxygen atoms in total. The first-order valence-corrected chi connectivity index (χ1v) is 10.7. The van der Waals surface area contributed by atoms with Crippen LogP contribution in [-0.4, -0.2) is 22.1 Å². The summed E-state index contributed by atoms with van der Waals surface area (Å²) in [4.78, 5) is 16.9. The number of carbonyl (C=O) groups is 1. The van der Waals surface area contributed by atoms with Gasteiger partial charge in [0, 0.05) is 23.7 Å². The third-order valence-electron chi connectivity index (χ3n) is 5.11. The molecule has 0 saturated heterocycles. The number of benzene rings is 3. The molecule has 0 spiro atoms. The van der Waals surface area contributed by atoms with Crippen molar-refractivity contribution in [3.8, 4) is 5.75 Å². The molecule has 0 fully saturated rings. The predicted molar refractivity (Wildman–Crippen MR) is 125 cm³/mol. The fourth-order valence-corrected chi connectivity index (χ4v) is 3.68. The molecule has 1 heterocycles. The van der Waals surface area contributed by atoms with Crippen LogP contribution in [0, 0.1) is 0 Å². The zero-order valence-corrected chi connectivity index (χ0v) is 18.1. The van der Waals surface area contributed by atoms with E-state index in [0.29, 0.717) is 10.8 Å². The molecule has 0 aliphatic heterocycles. The van der Waals surface area contributed by atoms with Gasteiger partial charge in [0.25, 0.3) is 5.91 Å². The van der Waals surface area contributed by atoms with Gasteiger partial charge in [-0.15, -0.1) is 0 Å². The highest BCUT2D eigenvalue weighted by atomic mass is 35.5. The number of imidazole rings is 1. The summed E-state index contributed by atoms with van der Waals surface area (Å²) in [5.41, 5.74) is 4.16. The maximum Gasteiger partial charge on any atom is 0.262 e. The van der Waals surface area contributed by atoms with Gasteiger partial charge in [-0.3, -0.25) is 4.79 Å². The molecule has 0 radical (unpaired) electrons. The third-order valence-corrected chi connectivity index (χ3v) is 5.36. The quantitative estimate of drug-likeness (QED) is 0.398. The zero-order chi connectivity index (χ0) is 21.6. The number of ether oxygens (including phenoxy) is 1. The topological polar surface area (TPSA) is 56.2 Å². The van der Waals surface area contributed by atoms with E-state index in [0.717, 1.165) is 36.4 Å². The van der Waals surface area contributed by atoms with Gasteiger partial charge >= 0.3 is 0 Å². The summed E-state index contributed by atoms with van der Waals surface area (Å²) in [6.07, 6.45) is 1.75. The summed E-state index contributed by atoms with van der Waals surface area (Å²) < 4.78 is 7.74. The van der Waals surface area contributed by atoms with E-state index in [2.05, 4.69) is 28.9 Å². The fraction of sp³-hybridized carbons (Fsp3) is 0.200. The van der Waals surface area contributed by atoms with Crippen LogP contribution >= 0.6 is 11.6 Å². The summed E-state index contributed by atoms with van der Waals surface area (Å²) in [7, 11) is 0. The number of amides is 1. The molecule has 3 aromatic carbocycles. The van der Waals surface area contributed by atoms with Gasteiger partial charge in [0.2, 0.25) is 0 Å². The van der Waals surface area contributed by atoms with Gasteiger partial charge in [0.05, 0.1) is 11.0 Å². The molecular formula is C25H24ClN3O2. The van der Waals surface area contributed by atoms with Crippen LogP contribution in [0.5, 0.6) is 5.75 Å². The number of nitrogens with one attached hydrogen (secondary N) is 1. The van der Waals surface area contributed by atoms with Crippen molar-refractivity contribution in [2.45, 2.75) is 26.3 Å². The van der Waals surface area contributed by atoms with Crippen molar-refractivity contribution in [2.75, 3.05) is 11.9 Å². The normalized spacial score (nSPS) is 10.9. The van der Waals surface area contributed by atoms with Gasteiger partial charge < -0.3 is 14.6 Å². The first-order valence-electron chi connectivity index (χ1n) is 10.3. The Morgan fingerprint density at radius 2 is 1.74 bits per heavy atom. The van der Waals surface area contributed by atoms with Crippen molar-refractivity contribution in [3.05, 3.63) is 89.2 Å². The molecule has 0 saturated carbocycles. The number of carbonyl (C=O) groups excluding carboxylic acids is 1. The van der Waals surface area contributed by atoms with E-state index in [1.165, 1.54) is 11.1 Å². The third kappa shape index (κ3) is 5.25. The number of nitrogens with zero attached hydrogens (tertiary/aromatic N) is 2. The maximum atomic E-state index is 12.1. The predicted octanol–water partition coefficient (Wildman–Crippen LogP) is 5.51. The van der Waals surface area contributed by atoms with E-state index in [1.54, 1.807) is 24.3 Å². The largest absolute Gasteiger partial charge is 0.484 e. The van der Waals surface area contributed by atoms with Gasteiger partial charge in [-0.05, 0) is 67.4 Å². The number of rotatable bonds is 8. The highest BCUT2D eigenvalue weighted by Crippen LogP contribution is 2.19. The van der Waals surface area contributed by atoms with E-state index < -0.39 is 0 Å². The number of hydrogen-bond acceptors (Lipinski definition) is 3. The standard InChI is InChI=1S/C25H24ClN3O2/c1-2-29-23-6-4-3-5-22(23)28-24(29)16-9-18-7-12-20(13-8-18)27-25(30)17-31-21-14-10-19(26)11-15-21/h3-8,10-15H,2,9,16-17H2,1H3,(H,27,30). The number of aryl methyl sites for hydroxylation is 3. The number of para-hydroxylation sites is 2. The molecule has 158 valence electrons. The van der Waals surface area contributed by atoms with E-state index in [1.807, 2.05) is 36.4 Å². The molecule has 0 aliphatic rings. The monoisotopic (exact) mass is 433 g/mol. The molecule has 4 rings (SSSR count). The van der Waals surface area contributed by atoms with E-state index >= 15 is 0 Å². The van der Waals surface area contributed by atoms with Crippen molar-refractivity contribution in [1.82, 2.24) is 9.55 Å². The van der Waals surface area contributed by atoms with Crippen LogP contribution in [0.25, 0.3) is 11.0 Å². The van der Waals surface area contributed by atoms with Gasteiger partial charge in [-0.1, -0.05) is 35.9 Å². The molecule has 0 aliphatic carbocycles. The van der Waals surface area contributed by atoms with E-state index in [4.69, 9.17) is 21.3 Å². The Bertz CT molecular complexity index is 1170. The number of hydrogen-bond donors (Lipinski definition) is 1. The minimum Gasteiger partial charge on any atom is -0.484 e. The summed E-state index contributed by atoms with van der Waals surface area (Å²) in [6.45, 7) is 2.99. The van der Waals surface area contributed by atoms with E-state index in [-0.39, 0.29) is 12.5 Å². The van der Waals surface area contributed by atoms with Crippen LogP contribution in [0.15, 0.2) is 72.8 Å². The van der Waals surface area contributed by atoms with Crippen molar-refractivity contribution in [2.24, 2.45) is 0 Å². The molecule has 1 aromatic heterocycles. The summed E-state index contributed by atoms with van der Waals surface area (Å²) in [6, 6.07) is 23.1. The van der Waals surface area contributed by atoms with Gasteiger partial charge in [-0.25, -0.2) is 4.98 Å². The Kier molecular flexibility index (Phi) is 6.53. The van der Waals surface area contributed by atoms with Crippen molar-refractivity contribution in [1.29, 1.82) is 0 Å². The molecule has 0 atom stereocenters. The summed E-state index contributed by atoms with van der Waals surface area (Å²) in [5, 5.41) is 3.48. The Morgan fingerprint density at radius 3 is 2.48 bits per heavy atom. The molecule has 1 amide bonds. The Morgan fingerprint density at radius 1 is 1.00 bits per heavy atom. The lowest BCUT2D eigenvalue weighted by Crippen LogP contribution is -2.20. The molecule has 31 heavy (non-hydrogen) atoms. The Hall–Kier alpha value is -3.31. The molecular weight excluding hydrogens is 410 g/mol. The van der Waals surface area contributed by atoms with Crippen molar-refractivity contribution in [3.63, 3.8) is 0 Å². The lowest BCUT2D eigenvalue weighted by molar-refractivity contribution is -0.118. The lowest BCUT2D eigenvalue weighted by Gasteiger charge is -2.09. The minimum atomic E-state index is -0.209. The van der Waals surface area contributed by atoms with Gasteiger partial charge in [-0.2, -0.15) is 0 Å². The summed E-state index contributed by atoms with van der Waals surface area (Å²) >= 11 is 5.85. The van der Waals surface area contributed by atoms with Crippen LogP contribution in [0.3, 0.4) is 0 Å². The zero-order valence-electron chi connectivity index (χ0n) is 17.3. The number of anilines is 1. The second-order valence-corrected chi connectivity index (χ2v) is 7.69. The fourth-order valence-electron chi connectivity index (χ4n) is 3.56. The van der Waals surface area contributed by atoms with Crippen molar-refractivity contribution < 1.29 is 9.53 Å². The van der Waals surface area contributed by atoms with Crippen LogP contribution in [-0.2, 0) is 24.2 Å². The average molecular weight is 434 g/mol. The number of aromatic nitrogens is 2. The number of fused-ring (bicyclic) bond motifs is 1. The number of halogens is 1. The highest BCUT2D eigenvalue weighted by molar-refractivity contribution is 6.30. The molecule has 1 N–H and O–H groups in total. The Balaban J connectivity index is 1.31. The Labute approximate surface area is 186 Å². The minimum absolute atomic E-state index is 0.0589. The summed E-state index contributed by atoms with van der Waals surface area (Å²) in [5.74, 6) is 1.49. The second kappa shape index (κ2) is 9.67. The van der Waals surface area contributed by atoms with E-state index in [9.17, 15) is 4.79 Å².